The van der Waals surface area contributed by atoms with Crippen LogP contribution in [0.2, 0.25) is 0 Å². The number of carbonyl (C=O) groups is 2. The zero-order chi connectivity index (χ0) is 20.7. The number of nitrogens with one attached hydrogen (secondary N) is 1. The third kappa shape index (κ3) is 3.32. The fourth-order valence-electron chi connectivity index (χ4n) is 3.59. The van der Waals surface area contributed by atoms with Crippen LogP contribution in [0.5, 0.6) is 0 Å². The molecule has 1 aromatic carbocycles. The van der Waals surface area contributed by atoms with Crippen LogP contribution in [0, 0.1) is 17.5 Å². The molecule has 9 heteroatoms. The normalized spacial score (nSPS) is 19.0. The second-order valence-corrected chi connectivity index (χ2v) is 6.89. The molecule has 0 aliphatic carbocycles. The average molecular weight is 402 g/mol. The van der Waals surface area contributed by atoms with Crippen LogP contribution in [0.15, 0.2) is 47.8 Å². The van der Waals surface area contributed by atoms with Gasteiger partial charge in [0.1, 0.15) is 5.82 Å². The largest absolute Gasteiger partial charge is 0.333 e. The van der Waals surface area contributed by atoms with E-state index in [4.69, 9.17) is 0 Å². The SMILES string of the molecule is CN1C(=O)NC(c2cc(F)c(F)cc2F)C2=C1CN(CCc1ccccn1)C2=O. The van der Waals surface area contributed by atoms with Gasteiger partial charge in [0, 0.05) is 43.5 Å². The molecule has 1 N–H and O–H groups in total. The van der Waals surface area contributed by atoms with Crippen LogP contribution in [0.4, 0.5) is 18.0 Å². The Hall–Kier alpha value is -3.36. The van der Waals surface area contributed by atoms with Gasteiger partial charge in [-0.3, -0.25) is 14.7 Å². The maximum atomic E-state index is 14.4. The molecule has 150 valence electrons. The summed E-state index contributed by atoms with van der Waals surface area (Å²) in [5, 5.41) is 2.51. The van der Waals surface area contributed by atoms with Crippen molar-refractivity contribution in [2.45, 2.75) is 12.5 Å². The lowest BCUT2D eigenvalue weighted by Gasteiger charge is -2.31. The number of hydrogen-bond acceptors (Lipinski definition) is 3. The van der Waals surface area contributed by atoms with E-state index < -0.39 is 35.4 Å². The van der Waals surface area contributed by atoms with Crippen LogP contribution in [-0.2, 0) is 11.2 Å². The second kappa shape index (κ2) is 7.23. The monoisotopic (exact) mass is 402 g/mol. The van der Waals surface area contributed by atoms with Crippen molar-refractivity contribution in [2.75, 3.05) is 20.1 Å². The smallest absolute Gasteiger partial charge is 0.322 e. The lowest BCUT2D eigenvalue weighted by atomic mass is 9.95. The van der Waals surface area contributed by atoms with Gasteiger partial charge in [0.15, 0.2) is 11.6 Å². The number of rotatable bonds is 4. The predicted octanol–water partition coefficient (Wildman–Crippen LogP) is 2.53. The number of aromatic nitrogens is 1. The molecule has 0 saturated carbocycles. The summed E-state index contributed by atoms with van der Waals surface area (Å²) in [5.41, 5.74) is 1.07. The lowest BCUT2D eigenvalue weighted by molar-refractivity contribution is -0.125. The van der Waals surface area contributed by atoms with Gasteiger partial charge in [-0.25, -0.2) is 18.0 Å². The fourth-order valence-corrected chi connectivity index (χ4v) is 3.59. The minimum atomic E-state index is -1.34. The van der Waals surface area contributed by atoms with E-state index in [0.717, 1.165) is 5.69 Å². The van der Waals surface area contributed by atoms with Gasteiger partial charge in [-0.15, -0.1) is 0 Å². The molecule has 0 saturated heterocycles. The maximum Gasteiger partial charge on any atom is 0.322 e. The summed E-state index contributed by atoms with van der Waals surface area (Å²) in [5.74, 6) is -4.02. The Morgan fingerprint density at radius 3 is 2.62 bits per heavy atom. The Labute approximate surface area is 164 Å². The number of likely N-dealkylation sites (N-methyl/N-ethyl adjacent to an activating group) is 1. The minimum absolute atomic E-state index is 0.151. The number of benzene rings is 1. The zero-order valence-electron chi connectivity index (χ0n) is 15.5. The molecule has 0 fully saturated rings. The van der Waals surface area contributed by atoms with Crippen LogP contribution < -0.4 is 5.32 Å². The highest BCUT2D eigenvalue weighted by Gasteiger charge is 2.43. The molecule has 0 radical (unpaired) electrons. The van der Waals surface area contributed by atoms with E-state index in [1.165, 1.54) is 16.8 Å². The van der Waals surface area contributed by atoms with Crippen molar-refractivity contribution in [1.29, 1.82) is 0 Å². The molecule has 0 bridgehead atoms. The van der Waals surface area contributed by atoms with Gasteiger partial charge < -0.3 is 10.2 Å². The summed E-state index contributed by atoms with van der Waals surface area (Å²) in [4.78, 5) is 32.4. The van der Waals surface area contributed by atoms with Crippen LogP contribution in [0.1, 0.15) is 17.3 Å². The summed E-state index contributed by atoms with van der Waals surface area (Å²) in [7, 11) is 1.50. The van der Waals surface area contributed by atoms with Crippen molar-refractivity contribution in [3.63, 3.8) is 0 Å². The Kier molecular flexibility index (Phi) is 4.73. The Morgan fingerprint density at radius 1 is 1.14 bits per heavy atom. The number of halogens is 3. The number of urea groups is 1. The standard InChI is InChI=1S/C20H17F3N4O2/c1-26-16-10-27(7-5-11-4-2-3-6-24-11)19(28)17(16)18(25-20(26)29)12-8-14(22)15(23)9-13(12)21/h2-4,6,8-9,18H,5,7,10H2,1H3,(H,25,29). The molecule has 1 aromatic heterocycles. The van der Waals surface area contributed by atoms with Gasteiger partial charge >= 0.3 is 6.03 Å². The summed E-state index contributed by atoms with van der Waals surface area (Å²) in [6.07, 6.45) is 2.16. The molecule has 2 aliphatic rings. The first-order valence-corrected chi connectivity index (χ1v) is 8.97. The Bertz CT molecular complexity index is 1030. The molecule has 3 amide bonds. The van der Waals surface area contributed by atoms with Crippen molar-refractivity contribution in [1.82, 2.24) is 20.1 Å². The third-order valence-corrected chi connectivity index (χ3v) is 5.15. The summed E-state index contributed by atoms with van der Waals surface area (Å²) < 4.78 is 41.4. The number of amides is 3. The van der Waals surface area contributed by atoms with Gasteiger partial charge in [0.25, 0.3) is 5.91 Å². The van der Waals surface area contributed by atoms with Crippen LogP contribution in [-0.4, -0.2) is 46.9 Å². The van der Waals surface area contributed by atoms with Crippen LogP contribution in [0.25, 0.3) is 0 Å². The predicted molar refractivity (Wildman–Crippen MR) is 96.9 cm³/mol. The van der Waals surface area contributed by atoms with Crippen LogP contribution in [0.3, 0.4) is 0 Å². The van der Waals surface area contributed by atoms with Crippen molar-refractivity contribution in [3.8, 4) is 0 Å². The molecule has 1 unspecified atom stereocenters. The highest BCUT2D eigenvalue weighted by molar-refractivity contribution is 6.01. The topological polar surface area (TPSA) is 65.5 Å². The van der Waals surface area contributed by atoms with E-state index in [0.29, 0.717) is 30.8 Å². The van der Waals surface area contributed by atoms with Crippen molar-refractivity contribution in [2.24, 2.45) is 0 Å². The third-order valence-electron chi connectivity index (χ3n) is 5.15. The van der Waals surface area contributed by atoms with E-state index >= 15 is 0 Å². The highest BCUT2D eigenvalue weighted by atomic mass is 19.2. The molecular formula is C20H17F3N4O2. The minimum Gasteiger partial charge on any atom is -0.333 e. The molecule has 3 heterocycles. The number of carbonyl (C=O) groups excluding carboxylic acids is 2. The number of hydrogen-bond donors (Lipinski definition) is 1. The fraction of sp³-hybridized carbons (Fsp3) is 0.250. The highest BCUT2D eigenvalue weighted by Crippen LogP contribution is 2.37. The summed E-state index contributed by atoms with van der Waals surface area (Å²) in [6.45, 7) is 0.505. The zero-order valence-corrected chi connectivity index (χ0v) is 15.5. The Morgan fingerprint density at radius 2 is 1.90 bits per heavy atom. The molecule has 6 nitrogen and oxygen atoms in total. The first-order valence-electron chi connectivity index (χ1n) is 8.97. The van der Waals surface area contributed by atoms with E-state index in [9.17, 15) is 22.8 Å². The molecule has 2 aliphatic heterocycles. The van der Waals surface area contributed by atoms with Gasteiger partial charge in [-0.2, -0.15) is 0 Å². The number of pyridine rings is 1. The van der Waals surface area contributed by atoms with E-state index in [2.05, 4.69) is 10.3 Å². The van der Waals surface area contributed by atoms with Crippen molar-refractivity contribution in [3.05, 3.63) is 76.5 Å². The van der Waals surface area contributed by atoms with E-state index in [1.54, 1.807) is 12.3 Å². The molecular weight excluding hydrogens is 385 g/mol. The van der Waals surface area contributed by atoms with Gasteiger partial charge in [-0.1, -0.05) is 6.07 Å². The van der Waals surface area contributed by atoms with Crippen molar-refractivity contribution < 1.29 is 22.8 Å². The summed E-state index contributed by atoms with van der Waals surface area (Å²) in [6, 6.07) is 4.80. The number of nitrogens with zero attached hydrogens (tertiary/aromatic N) is 3. The van der Waals surface area contributed by atoms with E-state index in [1.807, 2.05) is 12.1 Å². The second-order valence-electron chi connectivity index (χ2n) is 6.89. The molecule has 0 spiro atoms. The van der Waals surface area contributed by atoms with Gasteiger partial charge in [0.05, 0.1) is 23.9 Å². The molecule has 2 aromatic rings. The first-order chi connectivity index (χ1) is 13.9. The molecule has 4 rings (SSSR count). The Balaban J connectivity index is 1.65. The van der Waals surface area contributed by atoms with Crippen LogP contribution >= 0.6 is 0 Å². The lowest BCUT2D eigenvalue weighted by Crippen LogP contribution is -2.45. The maximum absolute atomic E-state index is 14.4. The molecule has 1 atom stereocenters. The molecule has 29 heavy (non-hydrogen) atoms. The van der Waals surface area contributed by atoms with E-state index in [-0.39, 0.29) is 17.7 Å². The quantitative estimate of drug-likeness (QED) is 0.800. The van der Waals surface area contributed by atoms with Crippen molar-refractivity contribution >= 4 is 11.9 Å². The summed E-state index contributed by atoms with van der Waals surface area (Å²) >= 11 is 0. The first kappa shape index (κ1) is 19.0. The average Bonchev–Trinajstić information content (AvgIpc) is 3.04. The van der Waals surface area contributed by atoms with Gasteiger partial charge in [0.2, 0.25) is 0 Å². The van der Waals surface area contributed by atoms with Gasteiger partial charge in [-0.05, 0) is 18.2 Å².